The Labute approximate surface area is 140 Å². The summed E-state index contributed by atoms with van der Waals surface area (Å²) >= 11 is 10.3. The molecule has 0 amide bonds. The molecule has 3 nitrogen and oxygen atoms in total. The van der Waals surface area contributed by atoms with E-state index in [1.807, 2.05) is 0 Å². The number of phenolic OH excluding ortho intramolecular Hbond substituents is 1. The van der Waals surface area contributed by atoms with Gasteiger partial charge in [-0.1, -0.05) is 17.5 Å². The van der Waals surface area contributed by atoms with E-state index in [-0.39, 0.29) is 33.8 Å². The van der Waals surface area contributed by atoms with Crippen LogP contribution in [-0.2, 0) is 9.59 Å². The van der Waals surface area contributed by atoms with Gasteiger partial charge in [0.1, 0.15) is 23.2 Å². The minimum absolute atomic E-state index is 0.0416. The second-order valence-corrected chi connectivity index (χ2v) is 6.27. The zero-order valence-corrected chi connectivity index (χ0v) is 13.9. The molecule has 0 saturated heterocycles. The molecule has 1 fully saturated rings. The van der Waals surface area contributed by atoms with Crippen molar-refractivity contribution in [2.24, 2.45) is 5.92 Å². The van der Waals surface area contributed by atoms with Crippen LogP contribution in [0.15, 0.2) is 12.1 Å². The number of benzene rings is 1. The molecule has 22 heavy (non-hydrogen) atoms. The largest absolute Gasteiger partial charge is 0.508 e. The Hall–Kier alpha value is -1.44. The number of ketones is 2. The van der Waals surface area contributed by atoms with Crippen LogP contribution < -0.4 is 0 Å². The molecule has 5 heteroatoms. The molecule has 0 unspecified atom stereocenters. The summed E-state index contributed by atoms with van der Waals surface area (Å²) in [7, 11) is 0. The number of rotatable bonds is 3. The van der Waals surface area contributed by atoms with Crippen LogP contribution in [0.2, 0.25) is 5.02 Å². The zero-order chi connectivity index (χ0) is 16.3. The number of phenols is 1. The van der Waals surface area contributed by atoms with Crippen LogP contribution in [0.3, 0.4) is 0 Å². The van der Waals surface area contributed by atoms with Gasteiger partial charge in [-0.2, -0.15) is 12.6 Å². The molecule has 0 heterocycles. The third kappa shape index (κ3) is 3.48. The Bertz CT molecular complexity index is 631. The van der Waals surface area contributed by atoms with E-state index < -0.39 is 5.92 Å². The maximum Gasteiger partial charge on any atom is 0.148 e. The van der Waals surface area contributed by atoms with Gasteiger partial charge in [-0.25, -0.2) is 0 Å². The van der Waals surface area contributed by atoms with Crippen molar-refractivity contribution in [1.82, 2.24) is 0 Å². The molecule has 2 rings (SSSR count). The van der Waals surface area contributed by atoms with E-state index in [1.54, 1.807) is 13.0 Å². The first kappa shape index (κ1) is 16.9. The van der Waals surface area contributed by atoms with Gasteiger partial charge in [-0.15, -0.1) is 5.92 Å². The maximum absolute atomic E-state index is 12.4. The number of carbonyl (C=O) groups is 2. The Kier molecular flexibility index (Phi) is 5.55. The lowest BCUT2D eigenvalue weighted by atomic mass is 9.75. The van der Waals surface area contributed by atoms with E-state index in [1.165, 1.54) is 6.07 Å². The molecule has 1 aliphatic carbocycles. The molecule has 1 aromatic carbocycles. The molecule has 1 N–H and O–H groups in total. The van der Waals surface area contributed by atoms with Crippen LogP contribution in [0.25, 0.3) is 0 Å². The van der Waals surface area contributed by atoms with E-state index in [9.17, 15) is 14.7 Å². The highest BCUT2D eigenvalue weighted by atomic mass is 35.5. The van der Waals surface area contributed by atoms with Gasteiger partial charge < -0.3 is 5.11 Å². The summed E-state index contributed by atoms with van der Waals surface area (Å²) in [6, 6.07) is 3.02. The highest BCUT2D eigenvalue weighted by molar-refractivity contribution is 7.80. The summed E-state index contributed by atoms with van der Waals surface area (Å²) in [5.74, 6) is 4.71. The third-order valence-corrected chi connectivity index (χ3v) is 4.40. The Morgan fingerprint density at radius 3 is 2.45 bits per heavy atom. The lowest BCUT2D eigenvalue weighted by molar-refractivity contribution is -0.133. The highest BCUT2D eigenvalue weighted by Crippen LogP contribution is 2.40. The van der Waals surface area contributed by atoms with E-state index in [0.717, 1.165) is 6.42 Å². The molecule has 1 aromatic rings. The minimum atomic E-state index is -0.965. The molecule has 116 valence electrons. The van der Waals surface area contributed by atoms with Gasteiger partial charge in [0, 0.05) is 29.0 Å². The summed E-state index contributed by atoms with van der Waals surface area (Å²) in [6.45, 7) is 1.68. The number of hydrogen-bond acceptors (Lipinski definition) is 4. The van der Waals surface area contributed by atoms with Gasteiger partial charge >= 0.3 is 0 Å². The van der Waals surface area contributed by atoms with Crippen molar-refractivity contribution in [3.63, 3.8) is 0 Å². The summed E-state index contributed by atoms with van der Waals surface area (Å²) in [4.78, 5) is 24.7. The van der Waals surface area contributed by atoms with Gasteiger partial charge in [0.15, 0.2) is 0 Å². The van der Waals surface area contributed by atoms with Gasteiger partial charge in [0.2, 0.25) is 0 Å². The van der Waals surface area contributed by atoms with Crippen molar-refractivity contribution >= 4 is 35.8 Å². The van der Waals surface area contributed by atoms with Crippen LogP contribution in [0.1, 0.15) is 43.2 Å². The summed E-state index contributed by atoms with van der Waals surface area (Å²) in [5, 5.41) is 10.4. The highest BCUT2D eigenvalue weighted by Gasteiger charge is 2.38. The number of thiol groups is 1. The van der Waals surface area contributed by atoms with Crippen molar-refractivity contribution in [2.45, 2.75) is 32.1 Å². The fourth-order valence-corrected chi connectivity index (χ4v) is 3.56. The predicted molar refractivity (Wildman–Crippen MR) is 89.6 cm³/mol. The van der Waals surface area contributed by atoms with E-state index in [0.29, 0.717) is 24.2 Å². The first-order valence-corrected chi connectivity index (χ1v) is 8.10. The average Bonchev–Trinajstić information content (AvgIpc) is 2.41. The number of aromatic hydroxyl groups is 1. The van der Waals surface area contributed by atoms with Crippen LogP contribution >= 0.6 is 24.2 Å². The summed E-state index contributed by atoms with van der Waals surface area (Å²) in [6.07, 6.45) is 1.38. The van der Waals surface area contributed by atoms with Crippen molar-refractivity contribution in [1.29, 1.82) is 0 Å². The number of carbonyl (C=O) groups excluding carboxylic acids is 2. The van der Waals surface area contributed by atoms with Gasteiger partial charge in [0.25, 0.3) is 0 Å². The fourth-order valence-electron chi connectivity index (χ4n) is 2.87. The molecule has 1 saturated carbocycles. The maximum atomic E-state index is 12.4. The SMILES string of the molecule is CC#Cc1cc(O)c(C2C(=O)CC(CCS)CC2=O)c(Cl)c1. The molecular weight excluding hydrogens is 320 g/mol. The zero-order valence-electron chi connectivity index (χ0n) is 12.2. The van der Waals surface area contributed by atoms with Gasteiger partial charge in [-0.3, -0.25) is 9.59 Å². The van der Waals surface area contributed by atoms with E-state index in [4.69, 9.17) is 11.6 Å². The van der Waals surface area contributed by atoms with Crippen molar-refractivity contribution < 1.29 is 14.7 Å². The van der Waals surface area contributed by atoms with Crippen LogP contribution in [0.5, 0.6) is 5.75 Å². The number of Topliss-reactive ketones (excluding diaryl/α,β-unsaturated/α-hetero) is 2. The number of hydrogen-bond donors (Lipinski definition) is 2. The average molecular weight is 337 g/mol. The molecule has 0 bridgehead atoms. The molecule has 1 aliphatic rings. The summed E-state index contributed by atoms with van der Waals surface area (Å²) in [5.41, 5.74) is 0.764. The molecular formula is C17H17ClO3S. The van der Waals surface area contributed by atoms with Crippen molar-refractivity contribution in [3.05, 3.63) is 28.3 Å². The Morgan fingerprint density at radius 1 is 1.32 bits per heavy atom. The molecule has 0 aromatic heterocycles. The van der Waals surface area contributed by atoms with Gasteiger partial charge in [-0.05, 0) is 37.1 Å². The lowest BCUT2D eigenvalue weighted by Crippen LogP contribution is -2.32. The predicted octanol–water partition coefficient (Wildman–Crippen LogP) is 3.37. The van der Waals surface area contributed by atoms with E-state index >= 15 is 0 Å². The summed E-state index contributed by atoms with van der Waals surface area (Å²) < 4.78 is 0. The van der Waals surface area contributed by atoms with Crippen LogP contribution in [-0.4, -0.2) is 22.4 Å². The second-order valence-electron chi connectivity index (χ2n) is 5.42. The molecule has 0 aliphatic heterocycles. The fraction of sp³-hybridized carbons (Fsp3) is 0.412. The van der Waals surface area contributed by atoms with Gasteiger partial charge in [0.05, 0.1) is 0 Å². The smallest absolute Gasteiger partial charge is 0.148 e. The van der Waals surface area contributed by atoms with Crippen LogP contribution in [0.4, 0.5) is 0 Å². The topological polar surface area (TPSA) is 54.4 Å². The molecule has 0 spiro atoms. The normalized spacial score (nSPS) is 21.4. The van der Waals surface area contributed by atoms with Crippen LogP contribution in [0, 0.1) is 17.8 Å². The third-order valence-electron chi connectivity index (χ3n) is 3.83. The first-order valence-electron chi connectivity index (χ1n) is 7.09. The second kappa shape index (κ2) is 7.21. The molecule has 0 radical (unpaired) electrons. The van der Waals surface area contributed by atoms with Crippen molar-refractivity contribution in [2.75, 3.05) is 5.75 Å². The minimum Gasteiger partial charge on any atom is -0.508 e. The first-order chi connectivity index (χ1) is 10.5. The molecule has 0 atom stereocenters. The monoisotopic (exact) mass is 336 g/mol. The Balaban J connectivity index is 2.37. The number of halogens is 1. The van der Waals surface area contributed by atoms with Crippen molar-refractivity contribution in [3.8, 4) is 17.6 Å². The van der Waals surface area contributed by atoms with E-state index in [2.05, 4.69) is 24.5 Å². The Morgan fingerprint density at radius 2 is 1.95 bits per heavy atom. The quantitative estimate of drug-likeness (QED) is 0.505. The standard InChI is InChI=1S/C17H17ClO3S/c1-2-3-10-6-12(18)16(13(19)7-10)17-14(20)8-11(4-5-22)9-15(17)21/h6-7,11,17,19,22H,4-5,8-9H2,1H3. The lowest BCUT2D eigenvalue weighted by Gasteiger charge is -2.27.